The van der Waals surface area contributed by atoms with Crippen LogP contribution in [0.25, 0.3) is 0 Å². The predicted molar refractivity (Wildman–Crippen MR) is 393 cm³/mol. The summed E-state index contributed by atoms with van der Waals surface area (Å²) >= 11 is 0. The van der Waals surface area contributed by atoms with E-state index in [0.29, 0.717) is 62.6 Å². The average molecular weight is 1480 g/mol. The number of hydrogen-bond acceptors (Lipinski definition) is 19. The van der Waals surface area contributed by atoms with Crippen molar-refractivity contribution >= 4 is 70.5 Å². The summed E-state index contributed by atoms with van der Waals surface area (Å²) in [6.45, 7) is 13.3. The van der Waals surface area contributed by atoms with Gasteiger partial charge in [-0.1, -0.05) is 107 Å². The Morgan fingerprint density at radius 2 is 1.41 bits per heavy atom. The molecule has 2 heterocycles. The minimum absolute atomic E-state index is 0.0222. The molecule has 10 N–H and O–H groups in total. The maximum atomic E-state index is 14.7. The topological polar surface area (TPSA) is 378 Å². The van der Waals surface area contributed by atoms with E-state index in [1.807, 2.05) is 61.5 Å². The van der Waals surface area contributed by atoms with Crippen LogP contribution in [0.15, 0.2) is 96.6 Å². The van der Waals surface area contributed by atoms with E-state index in [1.54, 1.807) is 55.2 Å². The van der Waals surface area contributed by atoms with Crippen molar-refractivity contribution in [3.63, 3.8) is 0 Å². The number of primary amides is 1. The van der Waals surface area contributed by atoms with Crippen molar-refractivity contribution in [1.82, 2.24) is 31.9 Å². The molecule has 28 heteroatoms. The Hall–Kier alpha value is -8.92. The van der Waals surface area contributed by atoms with Gasteiger partial charge >= 0.3 is 12.1 Å². The van der Waals surface area contributed by atoms with Gasteiger partial charge in [-0.3, -0.25) is 38.4 Å². The fourth-order valence-electron chi connectivity index (χ4n) is 15.7. The Labute approximate surface area is 625 Å². The van der Waals surface area contributed by atoms with Gasteiger partial charge < -0.3 is 90.9 Å². The molecule has 0 bridgehead atoms. The van der Waals surface area contributed by atoms with E-state index < -0.39 is 88.8 Å². The van der Waals surface area contributed by atoms with E-state index in [9.17, 15) is 53.1 Å². The number of Topliss-reactive ketones (excluding diaryl/α,β-unsaturated/α-hetero) is 1. The van der Waals surface area contributed by atoms with Crippen molar-refractivity contribution in [2.75, 3.05) is 89.5 Å². The lowest BCUT2D eigenvalue weighted by Crippen LogP contribution is -2.63. The fourth-order valence-corrected chi connectivity index (χ4v) is 15.7. The molecule has 6 aliphatic rings. The third-order valence-electron chi connectivity index (χ3n) is 21.1. The summed E-state index contributed by atoms with van der Waals surface area (Å²) in [5.41, 5.74) is 7.92. The van der Waals surface area contributed by atoms with E-state index in [-0.39, 0.29) is 152 Å². The maximum absolute atomic E-state index is 14.7. The van der Waals surface area contributed by atoms with E-state index in [1.165, 1.54) is 6.92 Å². The lowest BCUT2D eigenvalue weighted by atomic mass is 9.46. The number of ketones is 2. The van der Waals surface area contributed by atoms with Crippen molar-refractivity contribution < 1.29 is 90.9 Å². The Morgan fingerprint density at radius 3 is 2.13 bits per heavy atom. The van der Waals surface area contributed by atoms with Gasteiger partial charge in [0.05, 0.1) is 83.9 Å². The molecular formula is C79H105N9O19. The minimum Gasteiger partial charge on any atom is -0.445 e. The summed E-state index contributed by atoms with van der Waals surface area (Å²) in [5.74, 6) is 3.09. The summed E-state index contributed by atoms with van der Waals surface area (Å²) in [6, 6.07) is 17.6. The minimum atomic E-state index is -1.31. The van der Waals surface area contributed by atoms with E-state index in [2.05, 4.69) is 62.9 Å². The number of allylic oxidation sites excluding steroid dienone is 4. The zero-order valence-corrected chi connectivity index (χ0v) is 62.1. The number of alkyl carbamates (subject to hydrolysis) is 1. The third-order valence-corrected chi connectivity index (χ3v) is 21.1. The van der Waals surface area contributed by atoms with Gasteiger partial charge in [0.2, 0.25) is 35.4 Å². The van der Waals surface area contributed by atoms with Crippen LogP contribution in [0.3, 0.4) is 0 Å². The van der Waals surface area contributed by atoms with Crippen LogP contribution in [0.2, 0.25) is 0 Å². The number of nitrogens with one attached hydrogen (secondary N) is 7. The van der Waals surface area contributed by atoms with Crippen LogP contribution in [0.1, 0.15) is 141 Å². The molecule has 12 atom stereocenters. The smallest absolute Gasteiger partial charge is 0.408 e. The molecule has 1 unspecified atom stereocenters. The van der Waals surface area contributed by atoms with Crippen LogP contribution in [0, 0.1) is 46.3 Å². The second-order valence-electron chi connectivity index (χ2n) is 28.8. The summed E-state index contributed by atoms with van der Waals surface area (Å²) < 4.78 is 46.8. The zero-order chi connectivity index (χ0) is 76.7. The number of carbonyl (C=O) groups excluding carboxylic acids is 10. The molecule has 3 saturated carbocycles. The van der Waals surface area contributed by atoms with Crippen molar-refractivity contribution in [2.24, 2.45) is 40.2 Å². The number of benzene rings is 3. The van der Waals surface area contributed by atoms with Crippen molar-refractivity contribution in [2.45, 2.75) is 174 Å². The van der Waals surface area contributed by atoms with Crippen molar-refractivity contribution in [3.8, 4) is 11.8 Å². The van der Waals surface area contributed by atoms with Crippen molar-refractivity contribution in [3.05, 3.63) is 119 Å². The number of hydrogen-bond donors (Lipinski definition) is 9. The molecule has 28 nitrogen and oxygen atoms in total. The molecule has 0 spiro atoms. The zero-order valence-electron chi connectivity index (χ0n) is 62.1. The first-order valence-corrected chi connectivity index (χ1v) is 37.3. The summed E-state index contributed by atoms with van der Waals surface area (Å²) in [5, 5.41) is 30.7. The number of rotatable bonds is 40. The number of ether oxygens (including phenoxy) is 8. The third kappa shape index (κ3) is 21.5. The van der Waals surface area contributed by atoms with Crippen molar-refractivity contribution in [1.29, 1.82) is 0 Å². The summed E-state index contributed by atoms with van der Waals surface area (Å²) in [7, 11) is 0. The molecule has 4 fully saturated rings. The summed E-state index contributed by atoms with van der Waals surface area (Å²) in [6.07, 6.45) is 6.73. The Morgan fingerprint density at radius 1 is 0.729 bits per heavy atom. The van der Waals surface area contributed by atoms with Gasteiger partial charge in [-0.2, -0.15) is 0 Å². The molecule has 0 radical (unpaired) electrons. The molecule has 107 heavy (non-hydrogen) atoms. The largest absolute Gasteiger partial charge is 0.445 e. The number of nitrogens with zero attached hydrogens (tertiary/aromatic N) is 1. The van der Waals surface area contributed by atoms with Crippen LogP contribution in [0.5, 0.6) is 0 Å². The predicted octanol–water partition coefficient (Wildman–Crippen LogP) is 5.83. The Kier molecular flexibility index (Phi) is 30.1. The molecule has 4 aliphatic carbocycles. The first-order valence-electron chi connectivity index (χ1n) is 37.3. The Bertz CT molecular complexity index is 3760. The highest BCUT2D eigenvalue weighted by Crippen LogP contribution is 2.70. The molecular weight excluding hydrogens is 1380 g/mol. The number of amides is 9. The number of nitrogens with two attached hydrogens (primary N) is 1. The van der Waals surface area contributed by atoms with Crippen LogP contribution in [0.4, 0.5) is 21.0 Å². The SMILES string of the molecule is CCCC1O[C@@H]2C[C@H]3[C@@H]4CCC5=CC(=O)C=C[C@]5(C)[C@H]4[C@@H](O)C[C@]3(C)[C@]2(C(=O)CCOCNC(=O)[C@H](C)NC(=O)OCc2ccc(NC(=O)[C@H](CCCNC(N)=O)NC(=O)[C@@H](NC(=O)CCOCCOCCOCCOCCNC(=O)CCC(=O)N3Cc4ccccc4C#Cc4ccccc43)C(C)C)cc2)O1. The van der Waals surface area contributed by atoms with Crippen LogP contribution >= 0.6 is 0 Å². The highest BCUT2D eigenvalue weighted by atomic mass is 16.7. The normalized spacial score (nSPS) is 23.7. The number of urea groups is 1. The van der Waals surface area contributed by atoms with E-state index >= 15 is 0 Å². The highest BCUT2D eigenvalue weighted by molar-refractivity contribution is 6.01. The number of fused-ring (bicyclic) bond motifs is 9. The van der Waals surface area contributed by atoms with Gasteiger partial charge in [-0.25, -0.2) is 9.59 Å². The molecule has 9 rings (SSSR count). The first kappa shape index (κ1) is 82.1. The maximum Gasteiger partial charge on any atom is 0.408 e. The van der Waals surface area contributed by atoms with Gasteiger partial charge in [0.1, 0.15) is 31.5 Å². The number of para-hydroxylation sites is 1. The lowest BCUT2D eigenvalue weighted by Gasteiger charge is -2.59. The molecule has 580 valence electrons. The van der Waals surface area contributed by atoms with Crippen LogP contribution in [-0.4, -0.2) is 186 Å². The number of aliphatic hydroxyl groups is 1. The molecule has 2 aliphatic heterocycles. The van der Waals surface area contributed by atoms with Crippen LogP contribution < -0.4 is 47.9 Å². The standard InChI is InChI=1S/C79H105N9O19/c1-7-13-69-106-65-45-60-59-26-23-56-44-58(89)29-32-77(56,5)70(59)63(90)46-78(60,6)79(65,107-69)64(91)30-35-104-49-83-72(95)51(4)84-76(99)105-48-52-19-24-57(25-20-52)85-73(96)61(17-12-33-82-75(80)98)86-74(97)71(50(2)3)87-67(93)31-36-100-38-40-102-42-43-103-41-39-101-37-34-81-66(92)27-28-68(94)88-47-55-16-9-8-14-53(55)21-22-54-15-10-11-18-62(54)88/h8-11,14-16,18-20,24-25,29,32,44,50-51,59-61,63,65,69-71,90H,7,12-13,17,23,26-28,30-31,33-43,45-49H2,1-6H3,(H,81,92)(H,83,95)(H,84,99)(H,85,96)(H,86,97)(H,87,93)(H3,80,82,98)/t51-,59-,60-,61-,63-,65+,69?,70+,71-,77-,78-,79+/m0/s1. The quantitative estimate of drug-likeness (QED) is 0.0184. The molecule has 3 aromatic carbocycles. The molecule has 0 aromatic heterocycles. The van der Waals surface area contributed by atoms with Gasteiger partial charge in [0, 0.05) is 72.3 Å². The molecule has 1 saturated heterocycles. The molecule has 9 amide bonds. The first-order chi connectivity index (χ1) is 51.4. The second-order valence-corrected chi connectivity index (χ2v) is 28.8. The lowest BCUT2D eigenvalue weighted by molar-refractivity contribution is -0.199. The highest BCUT2D eigenvalue weighted by Gasteiger charge is 2.75. The summed E-state index contributed by atoms with van der Waals surface area (Å²) in [4.78, 5) is 133. The van der Waals surface area contributed by atoms with Gasteiger partial charge in [0.15, 0.2) is 23.5 Å². The number of carbonyl (C=O) groups is 10. The van der Waals surface area contributed by atoms with Gasteiger partial charge in [-0.05, 0) is 123 Å². The Balaban J connectivity index is 0.612. The number of aliphatic hydroxyl groups excluding tert-OH is 1. The number of anilines is 2. The average Bonchev–Trinajstić information content (AvgIpc) is 1.53. The second kappa shape index (κ2) is 39.3. The van der Waals surface area contributed by atoms with Gasteiger partial charge in [0.25, 0.3) is 0 Å². The van der Waals surface area contributed by atoms with E-state index in [4.69, 9.17) is 43.6 Å². The van der Waals surface area contributed by atoms with Gasteiger partial charge in [-0.15, -0.1) is 0 Å². The monoisotopic (exact) mass is 1480 g/mol. The fraction of sp³-hybridized carbons (Fsp3) is 0.570. The van der Waals surface area contributed by atoms with E-state index in [0.717, 1.165) is 41.5 Å². The molecule has 3 aromatic rings. The van der Waals surface area contributed by atoms with Crippen LogP contribution in [-0.2, 0) is 89.4 Å².